The molecule has 7 nitrogen and oxygen atoms in total. The van der Waals surface area contributed by atoms with E-state index in [1.807, 2.05) is 48.6 Å². The van der Waals surface area contributed by atoms with E-state index in [1.165, 1.54) is 7.11 Å². The standard InChI is InChI=1S/C25H24N4O3/c1-29-23(27-25(31)20-10-6-7-11-22(20)32-2)16-21(28-29)17-12-14-19(15-13-17)26-24(30)18-8-4-3-5-9-18/h4,6-16H,3,5H2,1-2H3,(H,26,30)(H,27,31). The molecule has 2 aromatic carbocycles. The van der Waals surface area contributed by atoms with Crippen molar-refractivity contribution in [3.05, 3.63) is 84.0 Å². The molecule has 0 unspecified atom stereocenters. The number of hydrogen-bond donors (Lipinski definition) is 2. The van der Waals surface area contributed by atoms with Crippen LogP contribution in [0.4, 0.5) is 11.5 Å². The van der Waals surface area contributed by atoms with Crippen LogP contribution in [0.2, 0.25) is 0 Å². The number of benzene rings is 2. The fraction of sp³-hybridized carbons (Fsp3) is 0.160. The summed E-state index contributed by atoms with van der Waals surface area (Å²) in [6, 6.07) is 16.3. The van der Waals surface area contributed by atoms with Crippen LogP contribution in [0.5, 0.6) is 5.75 Å². The van der Waals surface area contributed by atoms with Crippen molar-refractivity contribution in [2.75, 3.05) is 17.7 Å². The molecule has 32 heavy (non-hydrogen) atoms. The Morgan fingerprint density at radius 2 is 1.78 bits per heavy atom. The number of aryl methyl sites for hydroxylation is 1. The lowest BCUT2D eigenvalue weighted by Crippen LogP contribution is -2.15. The first kappa shape index (κ1) is 21.1. The summed E-state index contributed by atoms with van der Waals surface area (Å²) >= 11 is 0. The van der Waals surface area contributed by atoms with Gasteiger partial charge in [-0.3, -0.25) is 14.3 Å². The zero-order valence-corrected chi connectivity index (χ0v) is 18.0. The number of rotatable bonds is 6. The van der Waals surface area contributed by atoms with Crippen molar-refractivity contribution >= 4 is 23.3 Å². The first-order valence-corrected chi connectivity index (χ1v) is 10.3. The molecule has 0 saturated carbocycles. The Morgan fingerprint density at radius 3 is 2.50 bits per heavy atom. The molecule has 0 fully saturated rings. The summed E-state index contributed by atoms with van der Waals surface area (Å²) in [6.07, 6.45) is 7.65. The maximum Gasteiger partial charge on any atom is 0.260 e. The Labute approximate surface area is 186 Å². The van der Waals surface area contributed by atoms with E-state index in [-0.39, 0.29) is 11.8 Å². The maximum atomic E-state index is 12.7. The Hall–Kier alpha value is -4.13. The SMILES string of the molecule is COc1ccccc1C(=O)Nc1cc(-c2ccc(NC(=O)C3=CCCC=C3)cc2)nn1C. The average Bonchev–Trinajstić information content (AvgIpc) is 3.20. The molecule has 0 aliphatic heterocycles. The summed E-state index contributed by atoms with van der Waals surface area (Å²) in [6.45, 7) is 0. The molecule has 1 aromatic heterocycles. The minimum atomic E-state index is -0.277. The second-order valence-electron chi connectivity index (χ2n) is 7.36. The highest BCUT2D eigenvalue weighted by atomic mass is 16.5. The van der Waals surface area contributed by atoms with Crippen molar-refractivity contribution in [3.8, 4) is 17.0 Å². The smallest absolute Gasteiger partial charge is 0.260 e. The van der Waals surface area contributed by atoms with E-state index >= 15 is 0 Å². The third kappa shape index (κ3) is 4.62. The number of hydrogen-bond acceptors (Lipinski definition) is 4. The molecule has 4 rings (SSSR count). The van der Waals surface area contributed by atoms with Gasteiger partial charge in [-0.05, 0) is 37.1 Å². The quantitative estimate of drug-likeness (QED) is 0.603. The van der Waals surface area contributed by atoms with E-state index in [0.717, 1.165) is 18.4 Å². The Bertz CT molecular complexity index is 1210. The van der Waals surface area contributed by atoms with Gasteiger partial charge in [-0.1, -0.05) is 42.5 Å². The fourth-order valence-corrected chi connectivity index (χ4v) is 3.45. The van der Waals surface area contributed by atoms with E-state index in [2.05, 4.69) is 15.7 Å². The van der Waals surface area contributed by atoms with Gasteiger partial charge in [0.1, 0.15) is 11.6 Å². The van der Waals surface area contributed by atoms with Gasteiger partial charge in [-0.25, -0.2) is 0 Å². The minimum absolute atomic E-state index is 0.118. The number of allylic oxidation sites excluding steroid dienone is 2. The van der Waals surface area contributed by atoms with Crippen LogP contribution >= 0.6 is 0 Å². The molecular formula is C25H24N4O3. The number of carbonyl (C=O) groups is 2. The third-order valence-corrected chi connectivity index (χ3v) is 5.17. The summed E-state index contributed by atoms with van der Waals surface area (Å²) < 4.78 is 6.88. The molecule has 0 spiro atoms. The van der Waals surface area contributed by atoms with Gasteiger partial charge in [-0.2, -0.15) is 5.10 Å². The Kier molecular flexibility index (Phi) is 6.17. The normalized spacial score (nSPS) is 12.8. The highest BCUT2D eigenvalue weighted by Crippen LogP contribution is 2.25. The molecule has 3 aromatic rings. The van der Waals surface area contributed by atoms with Crippen LogP contribution in [0.1, 0.15) is 23.2 Å². The van der Waals surface area contributed by atoms with Crippen molar-refractivity contribution in [2.24, 2.45) is 7.05 Å². The zero-order chi connectivity index (χ0) is 22.5. The Balaban J connectivity index is 1.46. The molecule has 0 saturated heterocycles. The number of nitrogens with one attached hydrogen (secondary N) is 2. The third-order valence-electron chi connectivity index (χ3n) is 5.17. The molecule has 0 atom stereocenters. The lowest BCUT2D eigenvalue weighted by atomic mass is 10.1. The first-order valence-electron chi connectivity index (χ1n) is 10.3. The van der Waals surface area contributed by atoms with Gasteiger partial charge < -0.3 is 15.4 Å². The van der Waals surface area contributed by atoms with E-state index in [1.54, 1.807) is 36.0 Å². The van der Waals surface area contributed by atoms with Crippen LogP contribution in [0.15, 0.2) is 78.4 Å². The number of ether oxygens (including phenoxy) is 1. The second-order valence-corrected chi connectivity index (χ2v) is 7.36. The van der Waals surface area contributed by atoms with Gasteiger partial charge in [-0.15, -0.1) is 0 Å². The highest BCUT2D eigenvalue weighted by Gasteiger charge is 2.15. The lowest BCUT2D eigenvalue weighted by molar-refractivity contribution is -0.112. The van der Waals surface area contributed by atoms with Crippen molar-refractivity contribution < 1.29 is 14.3 Å². The molecule has 162 valence electrons. The van der Waals surface area contributed by atoms with Crippen LogP contribution in [-0.4, -0.2) is 28.7 Å². The van der Waals surface area contributed by atoms with E-state index in [4.69, 9.17) is 4.74 Å². The van der Waals surface area contributed by atoms with Crippen LogP contribution in [0.3, 0.4) is 0 Å². The average molecular weight is 428 g/mol. The largest absolute Gasteiger partial charge is 0.496 e. The summed E-state index contributed by atoms with van der Waals surface area (Å²) in [5.74, 6) is 0.669. The van der Waals surface area contributed by atoms with Gasteiger partial charge in [0.25, 0.3) is 11.8 Å². The summed E-state index contributed by atoms with van der Waals surface area (Å²) in [5, 5.41) is 10.3. The highest BCUT2D eigenvalue weighted by molar-refractivity contribution is 6.06. The van der Waals surface area contributed by atoms with Crippen molar-refractivity contribution in [3.63, 3.8) is 0 Å². The predicted molar refractivity (Wildman–Crippen MR) is 125 cm³/mol. The summed E-state index contributed by atoms with van der Waals surface area (Å²) in [7, 11) is 3.30. The van der Waals surface area contributed by atoms with Crippen LogP contribution < -0.4 is 15.4 Å². The molecule has 2 amide bonds. The number of carbonyl (C=O) groups excluding carboxylic acids is 2. The van der Waals surface area contributed by atoms with Crippen molar-refractivity contribution in [1.82, 2.24) is 9.78 Å². The number of amides is 2. The summed E-state index contributed by atoms with van der Waals surface area (Å²) in [5.41, 5.74) is 3.41. The van der Waals surface area contributed by atoms with Crippen molar-refractivity contribution in [2.45, 2.75) is 12.8 Å². The molecule has 1 aliphatic carbocycles. The predicted octanol–water partition coefficient (Wildman–Crippen LogP) is 4.56. The second kappa shape index (κ2) is 9.34. The Morgan fingerprint density at radius 1 is 1.00 bits per heavy atom. The number of aromatic nitrogens is 2. The number of methoxy groups -OCH3 is 1. The molecule has 1 heterocycles. The number of nitrogens with zero attached hydrogens (tertiary/aromatic N) is 2. The molecule has 0 radical (unpaired) electrons. The monoisotopic (exact) mass is 428 g/mol. The van der Waals surface area contributed by atoms with Crippen LogP contribution in [0.25, 0.3) is 11.3 Å². The van der Waals surface area contributed by atoms with Gasteiger partial charge in [0, 0.05) is 29.9 Å². The van der Waals surface area contributed by atoms with Gasteiger partial charge in [0.15, 0.2) is 0 Å². The van der Waals surface area contributed by atoms with Gasteiger partial charge in [0.05, 0.1) is 18.4 Å². The fourth-order valence-electron chi connectivity index (χ4n) is 3.45. The number of para-hydroxylation sites is 1. The number of anilines is 2. The minimum Gasteiger partial charge on any atom is -0.496 e. The topological polar surface area (TPSA) is 85.2 Å². The first-order chi connectivity index (χ1) is 15.5. The lowest BCUT2D eigenvalue weighted by Gasteiger charge is -2.09. The van der Waals surface area contributed by atoms with Crippen LogP contribution in [-0.2, 0) is 11.8 Å². The summed E-state index contributed by atoms with van der Waals surface area (Å²) in [4.78, 5) is 25.0. The van der Waals surface area contributed by atoms with Crippen molar-refractivity contribution in [1.29, 1.82) is 0 Å². The molecule has 7 heteroatoms. The van der Waals surface area contributed by atoms with E-state index < -0.39 is 0 Å². The molecule has 1 aliphatic rings. The molecular weight excluding hydrogens is 404 g/mol. The van der Waals surface area contributed by atoms with Gasteiger partial charge >= 0.3 is 0 Å². The van der Waals surface area contributed by atoms with Gasteiger partial charge in [0.2, 0.25) is 0 Å². The maximum absolute atomic E-state index is 12.7. The van der Waals surface area contributed by atoms with Crippen LogP contribution in [0, 0.1) is 0 Å². The van der Waals surface area contributed by atoms with E-state index in [9.17, 15) is 9.59 Å². The van der Waals surface area contributed by atoms with E-state index in [0.29, 0.717) is 34.1 Å². The molecule has 2 N–H and O–H groups in total. The zero-order valence-electron chi connectivity index (χ0n) is 18.0. The molecule has 0 bridgehead atoms.